The second kappa shape index (κ2) is 8.53. The zero-order valence-electron chi connectivity index (χ0n) is 16.0. The quantitative estimate of drug-likeness (QED) is 0.672. The molecule has 2 aliphatic rings. The van der Waals surface area contributed by atoms with E-state index in [1.807, 2.05) is 13.0 Å². The SMILES string of the molecule is C#CCCC1(CCNC(=O)[C@@H]2CN(C(=O)[C@@H](O)c3ccccc3)C[C@H]2C)N=N1. The molecule has 0 aromatic heterocycles. The van der Waals surface area contributed by atoms with Crippen molar-refractivity contribution in [3.63, 3.8) is 0 Å². The van der Waals surface area contributed by atoms with Gasteiger partial charge in [0.25, 0.3) is 5.91 Å². The molecule has 0 unspecified atom stereocenters. The molecule has 0 spiro atoms. The maximum Gasteiger partial charge on any atom is 0.256 e. The third kappa shape index (κ3) is 4.57. The number of aliphatic hydroxyl groups is 1. The summed E-state index contributed by atoms with van der Waals surface area (Å²) >= 11 is 0. The van der Waals surface area contributed by atoms with Crippen LogP contribution in [0, 0.1) is 24.2 Å². The van der Waals surface area contributed by atoms with Crippen LogP contribution in [0.15, 0.2) is 40.6 Å². The molecule has 0 saturated carbocycles. The molecule has 2 aliphatic heterocycles. The molecule has 0 aliphatic carbocycles. The number of nitrogens with zero attached hydrogens (tertiary/aromatic N) is 3. The highest BCUT2D eigenvalue weighted by molar-refractivity contribution is 5.85. The van der Waals surface area contributed by atoms with E-state index >= 15 is 0 Å². The average molecular weight is 382 g/mol. The number of benzene rings is 1. The molecule has 148 valence electrons. The number of terminal acetylenes is 1. The van der Waals surface area contributed by atoms with Crippen molar-refractivity contribution in [2.45, 2.75) is 38.0 Å². The number of carbonyl (C=O) groups excluding carboxylic acids is 2. The fourth-order valence-corrected chi connectivity index (χ4v) is 3.62. The van der Waals surface area contributed by atoms with Gasteiger partial charge in [0.15, 0.2) is 11.8 Å². The highest BCUT2D eigenvalue weighted by Gasteiger charge is 2.41. The molecule has 0 bridgehead atoms. The summed E-state index contributed by atoms with van der Waals surface area (Å²) in [5, 5.41) is 21.4. The lowest BCUT2D eigenvalue weighted by Crippen LogP contribution is -2.38. The maximum absolute atomic E-state index is 12.6. The first-order valence-corrected chi connectivity index (χ1v) is 9.63. The van der Waals surface area contributed by atoms with E-state index in [4.69, 9.17) is 6.42 Å². The molecule has 28 heavy (non-hydrogen) atoms. The summed E-state index contributed by atoms with van der Waals surface area (Å²) in [6.07, 6.45) is 6.03. The number of rotatable bonds is 8. The summed E-state index contributed by atoms with van der Waals surface area (Å²) in [4.78, 5) is 26.8. The second-order valence-electron chi connectivity index (χ2n) is 7.57. The number of aliphatic hydroxyl groups excluding tert-OH is 1. The van der Waals surface area contributed by atoms with Gasteiger partial charge in [-0.25, -0.2) is 0 Å². The van der Waals surface area contributed by atoms with E-state index in [1.165, 1.54) is 0 Å². The van der Waals surface area contributed by atoms with Crippen molar-refractivity contribution in [2.75, 3.05) is 19.6 Å². The lowest BCUT2D eigenvalue weighted by atomic mass is 9.97. The second-order valence-corrected chi connectivity index (χ2v) is 7.57. The van der Waals surface area contributed by atoms with Crippen LogP contribution in [0.3, 0.4) is 0 Å². The van der Waals surface area contributed by atoms with E-state index in [1.54, 1.807) is 29.2 Å². The minimum absolute atomic E-state index is 0.0256. The number of amides is 2. The van der Waals surface area contributed by atoms with Crippen LogP contribution >= 0.6 is 0 Å². The summed E-state index contributed by atoms with van der Waals surface area (Å²) in [7, 11) is 0. The van der Waals surface area contributed by atoms with Crippen molar-refractivity contribution in [3.8, 4) is 12.3 Å². The normalized spacial score (nSPS) is 23.1. The van der Waals surface area contributed by atoms with Crippen molar-refractivity contribution >= 4 is 11.8 Å². The molecule has 2 amide bonds. The lowest BCUT2D eigenvalue weighted by Gasteiger charge is -2.20. The zero-order chi connectivity index (χ0) is 20.1. The van der Waals surface area contributed by atoms with Crippen molar-refractivity contribution in [1.29, 1.82) is 0 Å². The van der Waals surface area contributed by atoms with Crippen LogP contribution in [0.25, 0.3) is 0 Å². The summed E-state index contributed by atoms with van der Waals surface area (Å²) in [6.45, 7) is 3.19. The van der Waals surface area contributed by atoms with Gasteiger partial charge in [-0.15, -0.1) is 12.3 Å². The average Bonchev–Trinajstić information content (AvgIpc) is 3.37. The molecule has 1 fully saturated rings. The summed E-state index contributed by atoms with van der Waals surface area (Å²) < 4.78 is 0. The summed E-state index contributed by atoms with van der Waals surface area (Å²) in [5.74, 6) is 1.88. The van der Waals surface area contributed by atoms with Gasteiger partial charge in [0, 0.05) is 38.9 Å². The minimum Gasteiger partial charge on any atom is -0.378 e. The van der Waals surface area contributed by atoms with Crippen LogP contribution in [0.4, 0.5) is 0 Å². The van der Waals surface area contributed by atoms with E-state index < -0.39 is 11.8 Å². The van der Waals surface area contributed by atoms with Crippen molar-refractivity contribution in [2.24, 2.45) is 22.1 Å². The van der Waals surface area contributed by atoms with Gasteiger partial charge in [0.1, 0.15) is 0 Å². The third-order valence-electron chi connectivity index (χ3n) is 5.49. The number of hydrogen-bond acceptors (Lipinski definition) is 5. The van der Waals surface area contributed by atoms with Crippen LogP contribution < -0.4 is 5.32 Å². The Morgan fingerprint density at radius 3 is 2.68 bits per heavy atom. The topological polar surface area (TPSA) is 94.4 Å². The van der Waals surface area contributed by atoms with Gasteiger partial charge >= 0.3 is 0 Å². The highest BCUT2D eigenvalue weighted by Crippen LogP contribution is 2.36. The standard InChI is InChI=1S/C21H26N4O3/c1-3-4-10-21(23-24-21)11-12-22-19(27)17-14-25(13-15(17)2)20(28)18(26)16-8-6-5-7-9-16/h1,5-9,15,17-18,26H,4,10-14H2,2H3,(H,22,27)/t15-,17-,18+/m1/s1. The Bertz CT molecular complexity index is 781. The largest absolute Gasteiger partial charge is 0.378 e. The maximum atomic E-state index is 12.6. The van der Waals surface area contributed by atoms with Crippen LogP contribution in [-0.2, 0) is 9.59 Å². The number of hydrogen-bond donors (Lipinski definition) is 2. The Hall–Kier alpha value is -2.72. The highest BCUT2D eigenvalue weighted by atomic mass is 16.3. The number of nitrogens with one attached hydrogen (secondary N) is 1. The predicted molar refractivity (Wildman–Crippen MR) is 104 cm³/mol. The number of carbonyl (C=O) groups is 2. The Kier molecular flexibility index (Phi) is 6.10. The predicted octanol–water partition coefficient (Wildman–Crippen LogP) is 1.90. The number of likely N-dealkylation sites (tertiary alicyclic amines) is 1. The molecule has 2 heterocycles. The molecule has 0 radical (unpaired) electrons. The van der Waals surface area contributed by atoms with Gasteiger partial charge < -0.3 is 15.3 Å². The lowest BCUT2D eigenvalue weighted by molar-refractivity contribution is -0.139. The smallest absolute Gasteiger partial charge is 0.256 e. The van der Waals surface area contributed by atoms with Crippen LogP contribution in [0.5, 0.6) is 0 Å². The fourth-order valence-electron chi connectivity index (χ4n) is 3.62. The van der Waals surface area contributed by atoms with Gasteiger partial charge in [-0.2, -0.15) is 10.2 Å². The fraction of sp³-hybridized carbons (Fsp3) is 0.524. The molecule has 7 nitrogen and oxygen atoms in total. The molecule has 1 saturated heterocycles. The van der Waals surface area contributed by atoms with E-state index in [2.05, 4.69) is 21.5 Å². The first kappa shape index (κ1) is 20.0. The molecule has 3 atom stereocenters. The third-order valence-corrected chi connectivity index (χ3v) is 5.49. The van der Waals surface area contributed by atoms with Gasteiger partial charge in [0.05, 0.1) is 5.92 Å². The van der Waals surface area contributed by atoms with Crippen molar-refractivity contribution in [3.05, 3.63) is 35.9 Å². The van der Waals surface area contributed by atoms with Crippen molar-refractivity contribution < 1.29 is 14.7 Å². The Morgan fingerprint density at radius 1 is 1.32 bits per heavy atom. The molecular weight excluding hydrogens is 356 g/mol. The van der Waals surface area contributed by atoms with Crippen LogP contribution in [-0.4, -0.2) is 47.1 Å². The summed E-state index contributed by atoms with van der Waals surface area (Å²) in [6, 6.07) is 8.83. The molecule has 3 rings (SSSR count). The van der Waals surface area contributed by atoms with Crippen LogP contribution in [0.2, 0.25) is 0 Å². The minimum atomic E-state index is -1.20. The molecule has 1 aromatic carbocycles. The van der Waals surface area contributed by atoms with Gasteiger partial charge in [-0.05, 0) is 11.5 Å². The van der Waals surface area contributed by atoms with E-state index in [9.17, 15) is 14.7 Å². The molecule has 2 N–H and O–H groups in total. The van der Waals surface area contributed by atoms with E-state index in [0.717, 1.165) is 0 Å². The van der Waals surface area contributed by atoms with Gasteiger partial charge in [-0.3, -0.25) is 9.59 Å². The van der Waals surface area contributed by atoms with Crippen molar-refractivity contribution in [1.82, 2.24) is 10.2 Å². The zero-order valence-corrected chi connectivity index (χ0v) is 16.0. The molecule has 1 aromatic rings. The first-order chi connectivity index (χ1) is 13.5. The Morgan fingerprint density at radius 2 is 2.04 bits per heavy atom. The van der Waals surface area contributed by atoms with Crippen LogP contribution in [0.1, 0.15) is 37.9 Å². The molecular formula is C21H26N4O3. The van der Waals surface area contributed by atoms with Gasteiger partial charge in [0.2, 0.25) is 5.91 Å². The Labute approximate surface area is 165 Å². The van der Waals surface area contributed by atoms with E-state index in [0.29, 0.717) is 44.5 Å². The molecule has 7 heteroatoms. The van der Waals surface area contributed by atoms with Gasteiger partial charge in [-0.1, -0.05) is 37.3 Å². The summed E-state index contributed by atoms with van der Waals surface area (Å²) in [5.41, 5.74) is 0.144. The Balaban J connectivity index is 1.48. The first-order valence-electron chi connectivity index (χ1n) is 9.63. The monoisotopic (exact) mass is 382 g/mol. The van der Waals surface area contributed by atoms with E-state index in [-0.39, 0.29) is 23.7 Å².